The van der Waals surface area contributed by atoms with Crippen LogP contribution in [0.1, 0.15) is 37.9 Å². The maximum Gasteiger partial charge on any atom is 0.417 e. The van der Waals surface area contributed by atoms with Crippen molar-refractivity contribution in [1.82, 2.24) is 4.90 Å². The van der Waals surface area contributed by atoms with Gasteiger partial charge < -0.3 is 4.74 Å². The zero-order chi connectivity index (χ0) is 18.0. The Morgan fingerprint density at radius 1 is 1.08 bits per heavy atom. The summed E-state index contributed by atoms with van der Waals surface area (Å²) in [6, 6.07) is 19.0. The Balaban J connectivity index is 1.87. The third-order valence-electron chi connectivity index (χ3n) is 4.62. The number of carbonyl (C=O) groups excluding carboxylic acids is 2. The van der Waals surface area contributed by atoms with Crippen molar-refractivity contribution in [3.05, 3.63) is 71.8 Å². The van der Waals surface area contributed by atoms with Crippen LogP contribution in [0.15, 0.2) is 60.7 Å². The van der Waals surface area contributed by atoms with Crippen LogP contribution in [0.25, 0.3) is 0 Å². The molecule has 2 atom stereocenters. The predicted molar refractivity (Wildman–Crippen MR) is 95.9 cm³/mol. The molecule has 2 aromatic rings. The van der Waals surface area contributed by atoms with Crippen molar-refractivity contribution in [3.63, 3.8) is 0 Å². The minimum absolute atomic E-state index is 0.201. The van der Waals surface area contributed by atoms with Gasteiger partial charge in [0, 0.05) is 5.92 Å². The highest BCUT2D eigenvalue weighted by atomic mass is 16.6. The number of rotatable bonds is 4. The van der Waals surface area contributed by atoms with Crippen LogP contribution in [0.4, 0.5) is 4.79 Å². The first kappa shape index (κ1) is 17.2. The van der Waals surface area contributed by atoms with Crippen LogP contribution in [-0.4, -0.2) is 22.5 Å². The number of nitrogens with zero attached hydrogens (tertiary/aromatic N) is 1. The third-order valence-corrected chi connectivity index (χ3v) is 4.62. The van der Waals surface area contributed by atoms with Gasteiger partial charge in [-0.2, -0.15) is 0 Å². The van der Waals surface area contributed by atoms with E-state index in [2.05, 4.69) is 0 Å². The SMILES string of the molecule is C[C@H](Cc1ccccc1)C(=O)N1C(=O)OC(C)(C)[C@H]1c1ccccc1. The zero-order valence-electron chi connectivity index (χ0n) is 14.8. The standard InChI is InChI=1S/C21H23NO3/c1-15(14-16-10-6-4-7-11-16)19(23)22-18(17-12-8-5-9-13-17)21(2,3)25-20(22)24/h4-13,15,18H,14H2,1-3H3/t15-,18-/m1/s1. The number of carbonyl (C=O) groups is 2. The molecule has 0 N–H and O–H groups in total. The second-order valence-electron chi connectivity index (χ2n) is 7.08. The van der Waals surface area contributed by atoms with Crippen LogP contribution in [0, 0.1) is 5.92 Å². The zero-order valence-corrected chi connectivity index (χ0v) is 14.8. The summed E-state index contributed by atoms with van der Waals surface area (Å²) in [5.74, 6) is -0.511. The van der Waals surface area contributed by atoms with E-state index in [1.807, 2.05) is 81.4 Å². The Bertz CT molecular complexity index is 755. The quantitative estimate of drug-likeness (QED) is 0.832. The highest BCUT2D eigenvalue weighted by molar-refractivity contribution is 5.95. The molecule has 1 aliphatic heterocycles. The normalized spacial score (nSPS) is 20.2. The summed E-state index contributed by atoms with van der Waals surface area (Å²) in [6.45, 7) is 5.55. The van der Waals surface area contributed by atoms with Crippen LogP contribution < -0.4 is 0 Å². The van der Waals surface area contributed by atoms with Crippen LogP contribution in [0.2, 0.25) is 0 Å². The maximum absolute atomic E-state index is 13.1. The lowest BCUT2D eigenvalue weighted by molar-refractivity contribution is -0.133. The van der Waals surface area contributed by atoms with Crippen molar-refractivity contribution >= 4 is 12.0 Å². The summed E-state index contributed by atoms with van der Waals surface area (Å²) in [4.78, 5) is 26.8. The molecule has 1 heterocycles. The first-order chi connectivity index (χ1) is 11.9. The molecule has 1 saturated heterocycles. The molecule has 1 fully saturated rings. The lowest BCUT2D eigenvalue weighted by Gasteiger charge is -2.29. The lowest BCUT2D eigenvalue weighted by Crippen LogP contribution is -2.41. The summed E-state index contributed by atoms with van der Waals surface area (Å²) < 4.78 is 5.52. The molecule has 4 nitrogen and oxygen atoms in total. The fourth-order valence-electron chi connectivity index (χ4n) is 3.44. The molecule has 0 aliphatic carbocycles. The van der Waals surface area contributed by atoms with Crippen LogP contribution in [0.3, 0.4) is 0 Å². The number of hydrogen-bond donors (Lipinski definition) is 0. The Kier molecular flexibility index (Phi) is 4.62. The Labute approximate surface area is 148 Å². The van der Waals surface area contributed by atoms with Crippen molar-refractivity contribution in [3.8, 4) is 0 Å². The molecular weight excluding hydrogens is 314 g/mol. The molecule has 4 heteroatoms. The Morgan fingerprint density at radius 2 is 1.64 bits per heavy atom. The van der Waals surface area contributed by atoms with Gasteiger partial charge in [-0.15, -0.1) is 0 Å². The van der Waals surface area contributed by atoms with Crippen molar-refractivity contribution in [1.29, 1.82) is 0 Å². The predicted octanol–water partition coefficient (Wildman–Crippen LogP) is 4.36. The topological polar surface area (TPSA) is 46.6 Å². The minimum atomic E-state index is -0.763. The largest absolute Gasteiger partial charge is 0.440 e. The first-order valence-corrected chi connectivity index (χ1v) is 8.55. The van der Waals surface area contributed by atoms with E-state index in [1.165, 1.54) is 4.90 Å². The fraction of sp³-hybridized carbons (Fsp3) is 0.333. The molecular formula is C21H23NO3. The van der Waals surface area contributed by atoms with Gasteiger partial charge in [0.2, 0.25) is 5.91 Å². The number of amides is 2. The van der Waals surface area contributed by atoms with E-state index < -0.39 is 17.7 Å². The Hall–Kier alpha value is -2.62. The molecule has 3 rings (SSSR count). The molecule has 130 valence electrons. The second-order valence-corrected chi connectivity index (χ2v) is 7.08. The van der Waals surface area contributed by atoms with Crippen molar-refractivity contribution < 1.29 is 14.3 Å². The number of ether oxygens (including phenoxy) is 1. The van der Waals surface area contributed by atoms with Crippen LogP contribution in [-0.2, 0) is 16.0 Å². The molecule has 0 aromatic heterocycles. The van der Waals surface area contributed by atoms with Crippen LogP contribution >= 0.6 is 0 Å². The van der Waals surface area contributed by atoms with Gasteiger partial charge in [-0.1, -0.05) is 67.6 Å². The molecule has 0 radical (unpaired) electrons. The van der Waals surface area contributed by atoms with Crippen molar-refractivity contribution in [2.45, 2.75) is 38.8 Å². The molecule has 2 aromatic carbocycles. The summed E-state index contributed by atoms with van der Waals surface area (Å²) in [7, 11) is 0. The van der Waals surface area contributed by atoms with E-state index in [0.717, 1.165) is 11.1 Å². The summed E-state index contributed by atoms with van der Waals surface area (Å²) in [5.41, 5.74) is 1.21. The van der Waals surface area contributed by atoms with Gasteiger partial charge in [0.05, 0.1) is 0 Å². The van der Waals surface area contributed by atoms with E-state index in [4.69, 9.17) is 4.74 Å². The molecule has 0 spiro atoms. The van der Waals surface area contributed by atoms with E-state index in [0.29, 0.717) is 6.42 Å². The highest BCUT2D eigenvalue weighted by Gasteiger charge is 2.51. The molecule has 25 heavy (non-hydrogen) atoms. The monoisotopic (exact) mass is 337 g/mol. The van der Waals surface area contributed by atoms with Gasteiger partial charge >= 0.3 is 6.09 Å². The van der Waals surface area contributed by atoms with Gasteiger partial charge in [0.15, 0.2) is 0 Å². The third kappa shape index (κ3) is 3.43. The number of hydrogen-bond acceptors (Lipinski definition) is 3. The number of benzene rings is 2. The molecule has 0 unspecified atom stereocenters. The first-order valence-electron chi connectivity index (χ1n) is 8.55. The van der Waals surface area contributed by atoms with Gasteiger partial charge in [-0.3, -0.25) is 4.79 Å². The summed E-state index contributed by atoms with van der Waals surface area (Å²) in [6.07, 6.45) is 0.0227. The molecule has 0 bridgehead atoms. The van der Waals surface area contributed by atoms with E-state index in [1.54, 1.807) is 0 Å². The highest BCUT2D eigenvalue weighted by Crippen LogP contribution is 2.41. The van der Waals surface area contributed by atoms with E-state index in [-0.39, 0.29) is 11.8 Å². The summed E-state index contributed by atoms with van der Waals surface area (Å²) >= 11 is 0. The smallest absolute Gasteiger partial charge is 0.417 e. The van der Waals surface area contributed by atoms with Gasteiger partial charge in [-0.05, 0) is 31.4 Å². The minimum Gasteiger partial charge on any atom is -0.440 e. The average molecular weight is 337 g/mol. The lowest BCUT2D eigenvalue weighted by atomic mass is 9.90. The van der Waals surface area contributed by atoms with Gasteiger partial charge in [0.1, 0.15) is 11.6 Å². The average Bonchev–Trinajstić information content (AvgIpc) is 2.84. The van der Waals surface area contributed by atoms with Crippen molar-refractivity contribution in [2.24, 2.45) is 5.92 Å². The van der Waals surface area contributed by atoms with Gasteiger partial charge in [0.25, 0.3) is 0 Å². The van der Waals surface area contributed by atoms with Crippen LogP contribution in [0.5, 0.6) is 0 Å². The fourth-order valence-corrected chi connectivity index (χ4v) is 3.44. The van der Waals surface area contributed by atoms with E-state index >= 15 is 0 Å². The maximum atomic E-state index is 13.1. The Morgan fingerprint density at radius 3 is 2.24 bits per heavy atom. The van der Waals surface area contributed by atoms with Crippen molar-refractivity contribution in [2.75, 3.05) is 0 Å². The van der Waals surface area contributed by atoms with Gasteiger partial charge in [-0.25, -0.2) is 9.69 Å². The summed E-state index contributed by atoms with van der Waals surface area (Å²) in [5, 5.41) is 0. The molecule has 2 amide bonds. The number of imide groups is 1. The van der Waals surface area contributed by atoms with E-state index in [9.17, 15) is 9.59 Å². The second kappa shape index (κ2) is 6.71. The molecule has 0 saturated carbocycles. The molecule has 1 aliphatic rings. The number of cyclic esters (lactones) is 1.